The monoisotopic (exact) mass is 915 g/mol. The number of carbonyl (C=O) groups excluding carboxylic acids is 3. The van der Waals surface area contributed by atoms with E-state index >= 15 is 0 Å². The molecule has 0 heterocycles. The van der Waals surface area contributed by atoms with E-state index in [1.54, 1.807) is 6.08 Å². The third-order valence-electron chi connectivity index (χ3n) is 11.1. The van der Waals surface area contributed by atoms with Gasteiger partial charge >= 0.3 is 17.9 Å². The van der Waals surface area contributed by atoms with Gasteiger partial charge in [-0.1, -0.05) is 239 Å². The molecule has 0 aliphatic heterocycles. The summed E-state index contributed by atoms with van der Waals surface area (Å²) in [7, 11) is 0. The molecule has 0 aromatic carbocycles. The molecule has 1 unspecified atom stereocenters. The van der Waals surface area contributed by atoms with Gasteiger partial charge in [-0.05, 0) is 83.5 Å². The van der Waals surface area contributed by atoms with Crippen LogP contribution in [-0.2, 0) is 28.6 Å². The molecule has 1 atom stereocenters. The maximum absolute atomic E-state index is 12.8. The summed E-state index contributed by atoms with van der Waals surface area (Å²) in [6, 6.07) is 0. The second kappa shape index (κ2) is 53.7. The van der Waals surface area contributed by atoms with E-state index in [1.807, 2.05) is 6.08 Å². The fourth-order valence-electron chi connectivity index (χ4n) is 7.10. The van der Waals surface area contributed by atoms with E-state index in [2.05, 4.69) is 118 Å². The molecule has 0 aliphatic rings. The summed E-state index contributed by atoms with van der Waals surface area (Å²) in [6.07, 6.45) is 72.5. The van der Waals surface area contributed by atoms with Gasteiger partial charge in [-0.3, -0.25) is 14.4 Å². The van der Waals surface area contributed by atoms with Crippen LogP contribution in [0.25, 0.3) is 0 Å². The maximum Gasteiger partial charge on any atom is 0.310 e. The predicted octanol–water partition coefficient (Wildman–Crippen LogP) is 17.9. The van der Waals surface area contributed by atoms with E-state index in [0.717, 1.165) is 83.5 Å². The average Bonchev–Trinajstić information content (AvgIpc) is 3.31. The average molecular weight is 915 g/mol. The van der Waals surface area contributed by atoms with Crippen LogP contribution < -0.4 is 0 Å². The molecular weight excluding hydrogens is 817 g/mol. The summed E-state index contributed by atoms with van der Waals surface area (Å²) in [4.78, 5) is 38.0. The minimum atomic E-state index is -0.849. The summed E-state index contributed by atoms with van der Waals surface area (Å²) in [5.74, 6) is -1.10. The molecule has 0 bridgehead atoms. The van der Waals surface area contributed by atoms with Crippen LogP contribution in [0.2, 0.25) is 0 Å². The van der Waals surface area contributed by atoms with Gasteiger partial charge in [0.05, 0.1) is 6.42 Å². The molecule has 0 rings (SSSR count). The minimum absolute atomic E-state index is 0.0858. The van der Waals surface area contributed by atoms with Gasteiger partial charge in [0.15, 0.2) is 6.10 Å². The lowest BCUT2D eigenvalue weighted by molar-refractivity contribution is -0.166. The van der Waals surface area contributed by atoms with Crippen molar-refractivity contribution in [1.29, 1.82) is 0 Å². The van der Waals surface area contributed by atoms with Gasteiger partial charge in [0, 0.05) is 12.8 Å². The molecule has 0 fully saturated rings. The van der Waals surface area contributed by atoms with Crippen molar-refractivity contribution in [2.24, 2.45) is 0 Å². The minimum Gasteiger partial charge on any atom is -0.462 e. The molecule has 66 heavy (non-hydrogen) atoms. The van der Waals surface area contributed by atoms with E-state index < -0.39 is 12.1 Å². The van der Waals surface area contributed by atoms with Crippen molar-refractivity contribution in [3.63, 3.8) is 0 Å². The van der Waals surface area contributed by atoms with Gasteiger partial charge in [-0.2, -0.15) is 0 Å². The lowest BCUT2D eigenvalue weighted by Gasteiger charge is -2.18. The molecule has 0 aromatic heterocycles. The Morgan fingerprint density at radius 3 is 1.00 bits per heavy atom. The SMILES string of the molecule is CC/C=C\C/C=C\C/C=C\C/C=C\C/C=C\CC(=O)OC(COC(=O)CCCC/C=C\C/C=C\C/C=C\C/C=C\CC)COC(=O)CCCCCCCCCCCCCCCCCCCC. The highest BCUT2D eigenvalue weighted by Crippen LogP contribution is 2.15. The second-order valence-electron chi connectivity index (χ2n) is 17.4. The zero-order valence-electron chi connectivity index (χ0n) is 42.7. The molecule has 0 radical (unpaired) electrons. The van der Waals surface area contributed by atoms with E-state index in [4.69, 9.17) is 14.2 Å². The molecule has 6 heteroatoms. The van der Waals surface area contributed by atoms with Crippen LogP contribution in [0.3, 0.4) is 0 Å². The summed E-state index contributed by atoms with van der Waals surface area (Å²) >= 11 is 0. The van der Waals surface area contributed by atoms with Crippen molar-refractivity contribution < 1.29 is 28.6 Å². The molecule has 0 amide bonds. The third-order valence-corrected chi connectivity index (χ3v) is 11.1. The van der Waals surface area contributed by atoms with Crippen molar-refractivity contribution in [3.8, 4) is 0 Å². The number of hydrogen-bond donors (Lipinski definition) is 0. The predicted molar refractivity (Wildman–Crippen MR) is 283 cm³/mol. The Morgan fingerprint density at radius 1 is 0.333 bits per heavy atom. The third kappa shape index (κ3) is 51.1. The molecule has 0 N–H and O–H groups in total. The smallest absolute Gasteiger partial charge is 0.310 e. The second-order valence-corrected chi connectivity index (χ2v) is 17.4. The molecule has 0 aromatic rings. The molecule has 0 saturated heterocycles. The Bertz CT molecular complexity index is 1370. The van der Waals surface area contributed by atoms with Gasteiger partial charge in [-0.25, -0.2) is 0 Å². The number of hydrogen-bond acceptors (Lipinski definition) is 6. The molecule has 6 nitrogen and oxygen atoms in total. The first kappa shape index (κ1) is 62.1. The Balaban J connectivity index is 4.53. The highest BCUT2D eigenvalue weighted by molar-refractivity contribution is 5.72. The fourth-order valence-corrected chi connectivity index (χ4v) is 7.10. The summed E-state index contributed by atoms with van der Waals surface area (Å²) in [5.41, 5.74) is 0. The first-order chi connectivity index (χ1) is 32.5. The van der Waals surface area contributed by atoms with Crippen molar-refractivity contribution in [2.75, 3.05) is 13.2 Å². The first-order valence-corrected chi connectivity index (χ1v) is 26.9. The molecular formula is C60H98O6. The van der Waals surface area contributed by atoms with Gasteiger partial charge in [-0.15, -0.1) is 0 Å². The number of allylic oxidation sites excluding steroid dienone is 17. The topological polar surface area (TPSA) is 78.9 Å². The number of rotatable bonds is 47. The summed E-state index contributed by atoms with van der Waals surface area (Å²) in [6.45, 7) is 6.29. The largest absolute Gasteiger partial charge is 0.462 e. The van der Waals surface area contributed by atoms with Crippen molar-refractivity contribution >= 4 is 17.9 Å². The van der Waals surface area contributed by atoms with Crippen LogP contribution in [0.15, 0.2) is 109 Å². The lowest BCUT2D eigenvalue weighted by Crippen LogP contribution is -2.30. The maximum atomic E-state index is 12.8. The Morgan fingerprint density at radius 2 is 0.636 bits per heavy atom. The number of esters is 3. The standard InChI is InChI=1S/C60H98O6/c1-4-7-10-13-16-19-22-25-28-29-30-33-35-38-41-44-47-50-53-59(62)65-56-57(66-60(63)54-51-48-45-42-39-36-32-27-24-21-18-15-12-9-6-3)55-64-58(61)52-49-46-43-40-37-34-31-26-23-20-17-14-11-8-5-2/h8-9,11-12,17-18,20-21,26-27,31-32,37,39-40,42,48,51,57H,4-7,10,13-16,19,22-25,28-30,33-36,38,41,43-47,49-50,52-56H2,1-3H3/b11-8-,12-9-,20-17-,21-18-,31-26-,32-27-,40-37-,42-39-,51-48-. The van der Waals surface area contributed by atoms with E-state index in [9.17, 15) is 14.4 Å². The molecule has 374 valence electrons. The van der Waals surface area contributed by atoms with Crippen molar-refractivity contribution in [2.45, 2.75) is 239 Å². The summed E-state index contributed by atoms with van der Waals surface area (Å²) in [5, 5.41) is 0. The zero-order valence-corrected chi connectivity index (χ0v) is 42.7. The van der Waals surface area contributed by atoms with Gasteiger partial charge < -0.3 is 14.2 Å². The van der Waals surface area contributed by atoms with Crippen LogP contribution in [0.4, 0.5) is 0 Å². The van der Waals surface area contributed by atoms with E-state index in [0.29, 0.717) is 19.3 Å². The zero-order chi connectivity index (χ0) is 47.9. The quantitative estimate of drug-likeness (QED) is 0.0262. The van der Waals surface area contributed by atoms with Crippen molar-refractivity contribution in [1.82, 2.24) is 0 Å². The van der Waals surface area contributed by atoms with Crippen LogP contribution >= 0.6 is 0 Å². The highest BCUT2D eigenvalue weighted by atomic mass is 16.6. The number of carbonyl (C=O) groups is 3. The van der Waals surface area contributed by atoms with Gasteiger partial charge in [0.1, 0.15) is 13.2 Å². The number of ether oxygens (including phenoxy) is 3. The lowest BCUT2D eigenvalue weighted by atomic mass is 10.0. The molecule has 0 aliphatic carbocycles. The normalized spacial score (nSPS) is 13.0. The van der Waals surface area contributed by atoms with Crippen LogP contribution in [0, 0.1) is 0 Å². The molecule has 0 spiro atoms. The number of unbranched alkanes of at least 4 members (excludes halogenated alkanes) is 19. The van der Waals surface area contributed by atoms with Crippen LogP contribution in [0.5, 0.6) is 0 Å². The Kier molecular flexibility index (Phi) is 50.5. The summed E-state index contributed by atoms with van der Waals surface area (Å²) < 4.78 is 16.7. The van der Waals surface area contributed by atoms with Gasteiger partial charge in [0.2, 0.25) is 0 Å². The van der Waals surface area contributed by atoms with E-state index in [1.165, 1.54) is 96.3 Å². The molecule has 0 saturated carbocycles. The van der Waals surface area contributed by atoms with E-state index in [-0.39, 0.29) is 38.0 Å². The Hall–Kier alpha value is -3.93. The van der Waals surface area contributed by atoms with Gasteiger partial charge in [0.25, 0.3) is 0 Å². The highest BCUT2D eigenvalue weighted by Gasteiger charge is 2.19. The van der Waals surface area contributed by atoms with Crippen molar-refractivity contribution in [3.05, 3.63) is 109 Å². The first-order valence-electron chi connectivity index (χ1n) is 26.9. The van der Waals surface area contributed by atoms with Crippen LogP contribution in [-0.4, -0.2) is 37.2 Å². The Labute approximate surface area is 406 Å². The van der Waals surface area contributed by atoms with Crippen LogP contribution in [0.1, 0.15) is 233 Å². The fraction of sp³-hybridized carbons (Fsp3) is 0.650.